The first-order valence-corrected chi connectivity index (χ1v) is 14.3. The van der Waals surface area contributed by atoms with E-state index in [1.165, 1.54) is 61.7 Å². The molecule has 0 aliphatic carbocycles. The first kappa shape index (κ1) is 35.7. The van der Waals surface area contributed by atoms with E-state index in [0.717, 1.165) is 12.2 Å². The number of benzene rings is 2. The molecule has 2 aliphatic heterocycles. The number of hydrogen-bond acceptors (Lipinski definition) is 16. The zero-order valence-corrected chi connectivity index (χ0v) is 24.9. The Hall–Kier alpha value is -4.10. The molecule has 256 valence electrons. The molecule has 0 radical (unpaired) electrons. The van der Waals surface area contributed by atoms with Crippen LogP contribution in [0.3, 0.4) is 0 Å². The molecule has 2 aromatic carbocycles. The third kappa shape index (κ3) is 8.63. The predicted molar refractivity (Wildman–Crippen MR) is 157 cm³/mol. The summed E-state index contributed by atoms with van der Waals surface area (Å²) in [5.41, 5.74) is 1.01. The molecule has 9 atom stereocenters. The van der Waals surface area contributed by atoms with E-state index in [1.54, 1.807) is 0 Å². The highest BCUT2D eigenvalue weighted by Gasteiger charge is 2.59. The third-order valence-corrected chi connectivity index (χ3v) is 7.40. The van der Waals surface area contributed by atoms with Crippen LogP contribution in [0.15, 0.2) is 54.6 Å². The van der Waals surface area contributed by atoms with Crippen LogP contribution >= 0.6 is 0 Å². The Morgan fingerprint density at radius 1 is 0.830 bits per heavy atom. The van der Waals surface area contributed by atoms with Gasteiger partial charge in [0.15, 0.2) is 17.8 Å². The molecule has 2 heterocycles. The molecule has 0 bridgehead atoms. The van der Waals surface area contributed by atoms with Gasteiger partial charge in [0, 0.05) is 12.2 Å². The molecule has 2 aromatic rings. The van der Waals surface area contributed by atoms with E-state index < -0.39 is 86.6 Å². The van der Waals surface area contributed by atoms with Crippen molar-refractivity contribution in [2.75, 3.05) is 26.9 Å². The van der Waals surface area contributed by atoms with Gasteiger partial charge in [0.2, 0.25) is 5.79 Å². The van der Waals surface area contributed by atoms with Crippen LogP contribution in [0.1, 0.15) is 11.1 Å². The van der Waals surface area contributed by atoms with E-state index in [2.05, 4.69) is 0 Å². The Labute approximate surface area is 267 Å². The molecule has 0 amide bonds. The van der Waals surface area contributed by atoms with Crippen LogP contribution < -0.4 is 4.74 Å². The van der Waals surface area contributed by atoms with E-state index in [0.29, 0.717) is 11.1 Å². The van der Waals surface area contributed by atoms with E-state index in [9.17, 15) is 50.4 Å². The van der Waals surface area contributed by atoms with Crippen LogP contribution in [-0.2, 0) is 33.3 Å². The average molecular weight is 665 g/mol. The van der Waals surface area contributed by atoms with E-state index in [-0.39, 0.29) is 17.2 Å². The molecule has 2 saturated heterocycles. The van der Waals surface area contributed by atoms with Crippen molar-refractivity contribution in [3.63, 3.8) is 0 Å². The van der Waals surface area contributed by atoms with Crippen LogP contribution in [0.2, 0.25) is 0 Å². The second-order valence-electron chi connectivity index (χ2n) is 10.6. The van der Waals surface area contributed by atoms with Gasteiger partial charge in [-0.25, -0.2) is 9.59 Å². The maximum Gasteiger partial charge on any atom is 0.330 e. The van der Waals surface area contributed by atoms with Gasteiger partial charge in [-0.3, -0.25) is 0 Å². The van der Waals surface area contributed by atoms with Gasteiger partial charge in [0.05, 0.1) is 13.7 Å². The lowest BCUT2D eigenvalue weighted by atomic mass is 9.99. The number of aliphatic hydroxyl groups excluding tert-OH is 6. The van der Waals surface area contributed by atoms with Crippen LogP contribution in [0.5, 0.6) is 17.2 Å². The highest BCUT2D eigenvalue weighted by Crippen LogP contribution is 2.37. The molecule has 0 spiro atoms. The molecule has 2 fully saturated rings. The van der Waals surface area contributed by atoms with Crippen LogP contribution in [0.4, 0.5) is 0 Å². The molecule has 16 heteroatoms. The van der Waals surface area contributed by atoms with E-state index in [4.69, 9.17) is 28.4 Å². The van der Waals surface area contributed by atoms with Crippen LogP contribution in [0.25, 0.3) is 12.2 Å². The SMILES string of the molecule is COc1cc(C=CC(=O)OC[C@H]2O[C@@](COC(=O)C=Cc3ccc(O)cc3)(O[C@H]3O[C@H](CO)[C@@H](O)[C@H](O)[C@H]3O)[C@@H](O)[C@@H]2O)ccc1O. The zero-order chi connectivity index (χ0) is 34.3. The molecule has 0 unspecified atom stereocenters. The Bertz CT molecular complexity index is 1430. The lowest BCUT2D eigenvalue weighted by Crippen LogP contribution is -2.62. The number of phenols is 2. The minimum absolute atomic E-state index is 0.0113. The van der Waals surface area contributed by atoms with Gasteiger partial charge in [0.1, 0.15) is 61.7 Å². The number of methoxy groups -OCH3 is 1. The number of carbonyl (C=O) groups excluding carboxylic acids is 2. The summed E-state index contributed by atoms with van der Waals surface area (Å²) < 4.78 is 32.2. The Balaban J connectivity index is 1.48. The summed E-state index contributed by atoms with van der Waals surface area (Å²) in [7, 11) is 1.36. The topological polar surface area (TPSA) is 251 Å². The van der Waals surface area contributed by atoms with Crippen molar-refractivity contribution in [1.29, 1.82) is 0 Å². The normalized spacial score (nSPS) is 30.9. The smallest absolute Gasteiger partial charge is 0.330 e. The van der Waals surface area contributed by atoms with Crippen molar-refractivity contribution in [3.8, 4) is 17.2 Å². The van der Waals surface area contributed by atoms with Gasteiger partial charge in [-0.1, -0.05) is 18.2 Å². The Morgan fingerprint density at radius 3 is 2.13 bits per heavy atom. The lowest BCUT2D eigenvalue weighted by molar-refractivity contribution is -0.383. The fourth-order valence-corrected chi connectivity index (χ4v) is 4.75. The van der Waals surface area contributed by atoms with Crippen LogP contribution in [-0.4, -0.2) is 135 Å². The predicted octanol–water partition coefficient (Wildman–Crippen LogP) is -1.45. The minimum atomic E-state index is -2.48. The second kappa shape index (κ2) is 15.7. The summed E-state index contributed by atoms with van der Waals surface area (Å²) in [5, 5.41) is 81.4. The first-order chi connectivity index (χ1) is 22.4. The van der Waals surface area contributed by atoms with Crippen molar-refractivity contribution < 1.29 is 78.9 Å². The maximum atomic E-state index is 12.6. The van der Waals surface area contributed by atoms with Gasteiger partial charge < -0.3 is 69.3 Å². The molecule has 47 heavy (non-hydrogen) atoms. The highest BCUT2D eigenvalue weighted by molar-refractivity contribution is 5.87. The van der Waals surface area contributed by atoms with Crippen LogP contribution in [0, 0.1) is 0 Å². The summed E-state index contributed by atoms with van der Waals surface area (Å²) >= 11 is 0. The molecule has 2 aliphatic rings. The number of hydrogen-bond donors (Lipinski definition) is 8. The van der Waals surface area contributed by atoms with Gasteiger partial charge in [-0.2, -0.15) is 0 Å². The standard InChI is InChI=1S/C31H36O16/c1-42-20-12-17(4-9-19(20)34)6-11-23(35)43-14-22-26(38)29(41)31(46-22,47-30-28(40)27(39)25(37)21(13-32)45-30)15-44-24(36)10-5-16-2-7-18(33)8-3-16/h2-12,21-22,25-30,32-34,37-41H,13-15H2,1H3/t21-,22-,25-,26-,27+,28-,29+,30-,31+/m1/s1. The van der Waals surface area contributed by atoms with Gasteiger partial charge in [-0.05, 0) is 47.5 Å². The Morgan fingerprint density at radius 2 is 1.47 bits per heavy atom. The van der Waals surface area contributed by atoms with Crippen molar-refractivity contribution >= 4 is 24.1 Å². The largest absolute Gasteiger partial charge is 0.508 e. The van der Waals surface area contributed by atoms with Crippen molar-refractivity contribution in [1.82, 2.24) is 0 Å². The highest BCUT2D eigenvalue weighted by atomic mass is 16.8. The summed E-state index contributed by atoms with van der Waals surface area (Å²) in [4.78, 5) is 25.0. The van der Waals surface area contributed by atoms with E-state index in [1.807, 2.05) is 0 Å². The molecule has 4 rings (SSSR count). The van der Waals surface area contributed by atoms with Gasteiger partial charge in [-0.15, -0.1) is 0 Å². The quantitative estimate of drug-likeness (QED) is 0.0955. The molecule has 0 aromatic heterocycles. The number of aliphatic hydroxyl groups is 6. The molecular formula is C31H36O16. The minimum Gasteiger partial charge on any atom is -0.508 e. The maximum absolute atomic E-state index is 12.6. The number of ether oxygens (including phenoxy) is 6. The number of aromatic hydroxyl groups is 2. The molecule has 16 nitrogen and oxygen atoms in total. The Kier molecular flexibility index (Phi) is 11.9. The number of rotatable bonds is 12. The third-order valence-electron chi connectivity index (χ3n) is 7.40. The fourth-order valence-electron chi connectivity index (χ4n) is 4.75. The molecule has 8 N–H and O–H groups in total. The molecular weight excluding hydrogens is 628 g/mol. The van der Waals surface area contributed by atoms with Gasteiger partial charge in [0.25, 0.3) is 0 Å². The van der Waals surface area contributed by atoms with Crippen molar-refractivity contribution in [3.05, 3.63) is 65.7 Å². The summed E-state index contributed by atoms with van der Waals surface area (Å²) in [6.45, 7) is -2.37. The summed E-state index contributed by atoms with van der Waals surface area (Å²) in [6.07, 6.45) is -9.40. The zero-order valence-electron chi connectivity index (χ0n) is 24.9. The van der Waals surface area contributed by atoms with E-state index >= 15 is 0 Å². The number of esters is 2. The molecule has 0 saturated carbocycles. The van der Waals surface area contributed by atoms with Crippen molar-refractivity contribution in [2.24, 2.45) is 0 Å². The monoisotopic (exact) mass is 664 g/mol. The second-order valence-corrected chi connectivity index (χ2v) is 10.6. The number of carbonyl (C=O) groups is 2. The van der Waals surface area contributed by atoms with Crippen molar-refractivity contribution in [2.45, 2.75) is 54.8 Å². The average Bonchev–Trinajstić information content (AvgIpc) is 3.30. The first-order valence-electron chi connectivity index (χ1n) is 14.3. The number of phenolic OH excluding ortho intramolecular Hbond substituents is 2. The fraction of sp³-hybridized carbons (Fsp3) is 0.419. The lowest BCUT2D eigenvalue weighted by Gasteiger charge is -2.43. The summed E-state index contributed by atoms with van der Waals surface area (Å²) in [5.74, 6) is -4.26. The van der Waals surface area contributed by atoms with Gasteiger partial charge >= 0.3 is 11.9 Å². The summed E-state index contributed by atoms with van der Waals surface area (Å²) in [6, 6.07) is 10.2.